The maximum absolute atomic E-state index is 9.93. The Labute approximate surface area is 171 Å². The highest BCUT2D eigenvalue weighted by molar-refractivity contribution is 6.30. The SMILES string of the molecule is CC(C)(C)C1CC=C2C(C1)C(c1ccc(Cl)cc1)C(C#N)=C(N)C2(C#N)C#N. The molecule has 3 atom stereocenters. The average molecular weight is 391 g/mol. The zero-order valence-corrected chi connectivity index (χ0v) is 17.1. The molecule has 3 rings (SSSR count). The molecule has 0 bridgehead atoms. The summed E-state index contributed by atoms with van der Waals surface area (Å²) in [4.78, 5) is 0. The molecule has 28 heavy (non-hydrogen) atoms. The van der Waals surface area contributed by atoms with Crippen LogP contribution in [0.2, 0.25) is 5.02 Å². The minimum Gasteiger partial charge on any atom is -0.399 e. The zero-order valence-electron chi connectivity index (χ0n) is 16.3. The van der Waals surface area contributed by atoms with Gasteiger partial charge in [0.05, 0.1) is 29.5 Å². The maximum atomic E-state index is 9.93. The summed E-state index contributed by atoms with van der Waals surface area (Å²) >= 11 is 6.06. The Bertz CT molecular complexity index is 960. The van der Waals surface area contributed by atoms with E-state index in [-0.39, 0.29) is 22.9 Å². The van der Waals surface area contributed by atoms with E-state index in [1.807, 2.05) is 18.2 Å². The third kappa shape index (κ3) is 2.97. The van der Waals surface area contributed by atoms with E-state index in [1.54, 1.807) is 12.1 Å². The highest BCUT2D eigenvalue weighted by Gasteiger charge is 2.53. The molecule has 0 amide bonds. The lowest BCUT2D eigenvalue weighted by atomic mass is 9.55. The molecule has 2 aliphatic carbocycles. The van der Waals surface area contributed by atoms with Gasteiger partial charge in [-0.3, -0.25) is 0 Å². The lowest BCUT2D eigenvalue weighted by molar-refractivity contribution is 0.180. The van der Waals surface area contributed by atoms with Crippen molar-refractivity contribution in [1.29, 1.82) is 15.8 Å². The van der Waals surface area contributed by atoms with Gasteiger partial charge in [0.2, 0.25) is 5.41 Å². The van der Waals surface area contributed by atoms with Crippen molar-refractivity contribution in [2.45, 2.75) is 39.5 Å². The molecule has 0 radical (unpaired) electrons. The third-order valence-corrected chi connectivity index (χ3v) is 6.56. The van der Waals surface area contributed by atoms with Crippen LogP contribution in [0.4, 0.5) is 0 Å². The van der Waals surface area contributed by atoms with Crippen molar-refractivity contribution in [2.75, 3.05) is 0 Å². The van der Waals surface area contributed by atoms with Crippen LogP contribution in [0, 0.1) is 56.7 Å². The summed E-state index contributed by atoms with van der Waals surface area (Å²) in [7, 11) is 0. The molecule has 3 unspecified atom stereocenters. The number of rotatable bonds is 1. The third-order valence-electron chi connectivity index (χ3n) is 6.31. The van der Waals surface area contributed by atoms with Gasteiger partial charge >= 0.3 is 0 Å². The molecule has 0 saturated heterocycles. The van der Waals surface area contributed by atoms with Crippen LogP contribution in [0.15, 0.2) is 47.2 Å². The van der Waals surface area contributed by atoms with E-state index in [0.29, 0.717) is 16.5 Å². The minimum absolute atomic E-state index is 0.0664. The van der Waals surface area contributed by atoms with Gasteiger partial charge in [0.15, 0.2) is 0 Å². The molecule has 0 aromatic heterocycles. The van der Waals surface area contributed by atoms with Gasteiger partial charge in [-0.2, -0.15) is 15.8 Å². The fourth-order valence-corrected chi connectivity index (χ4v) is 4.73. The van der Waals surface area contributed by atoms with E-state index in [9.17, 15) is 15.8 Å². The van der Waals surface area contributed by atoms with Gasteiger partial charge in [0.25, 0.3) is 0 Å². The molecule has 2 aliphatic rings. The maximum Gasteiger partial charge on any atom is 0.204 e. The number of benzene rings is 1. The van der Waals surface area contributed by atoms with Crippen molar-refractivity contribution in [3.63, 3.8) is 0 Å². The lowest BCUT2D eigenvalue weighted by Gasteiger charge is -2.46. The van der Waals surface area contributed by atoms with E-state index in [1.165, 1.54) is 0 Å². The Morgan fingerprint density at radius 1 is 1.11 bits per heavy atom. The molecular weight excluding hydrogens is 368 g/mol. The highest BCUT2D eigenvalue weighted by atomic mass is 35.5. The Kier molecular flexibility index (Phi) is 5.01. The first-order chi connectivity index (χ1) is 13.2. The van der Waals surface area contributed by atoms with Gasteiger partial charge in [-0.15, -0.1) is 0 Å². The standard InChI is InChI=1S/C23H23ClN4/c1-22(2,3)15-6-9-19-17(10-15)20(14-4-7-16(24)8-5-14)18(11-25)21(28)23(19,12-26)13-27/h4-5,7-9,15,17,20H,6,10,28H2,1-3H3. The van der Waals surface area contributed by atoms with Crippen LogP contribution in [-0.2, 0) is 0 Å². The van der Waals surface area contributed by atoms with Gasteiger partial charge < -0.3 is 5.73 Å². The number of halogens is 1. The van der Waals surface area contributed by atoms with E-state index in [0.717, 1.165) is 24.0 Å². The fourth-order valence-electron chi connectivity index (χ4n) is 4.60. The molecule has 0 spiro atoms. The first kappa shape index (κ1) is 20.0. The second-order valence-electron chi connectivity index (χ2n) is 8.74. The number of hydrogen-bond donors (Lipinski definition) is 1. The van der Waals surface area contributed by atoms with Crippen molar-refractivity contribution in [3.05, 3.63) is 57.8 Å². The Morgan fingerprint density at radius 2 is 1.71 bits per heavy atom. The van der Waals surface area contributed by atoms with Crippen LogP contribution in [0.5, 0.6) is 0 Å². The number of hydrogen-bond acceptors (Lipinski definition) is 4. The fraction of sp³-hybridized carbons (Fsp3) is 0.435. The number of allylic oxidation sites excluding steroid dienone is 3. The molecule has 0 saturated carbocycles. The molecule has 1 aromatic rings. The summed E-state index contributed by atoms with van der Waals surface area (Å²) in [6, 6.07) is 13.9. The summed E-state index contributed by atoms with van der Waals surface area (Å²) in [5.41, 5.74) is 6.89. The van der Waals surface area contributed by atoms with Crippen LogP contribution in [0.1, 0.15) is 45.1 Å². The van der Waals surface area contributed by atoms with Crippen LogP contribution in [-0.4, -0.2) is 0 Å². The molecule has 0 fully saturated rings. The van der Waals surface area contributed by atoms with Crippen LogP contribution in [0.25, 0.3) is 0 Å². The smallest absolute Gasteiger partial charge is 0.204 e. The van der Waals surface area contributed by atoms with Gasteiger partial charge in [-0.05, 0) is 53.4 Å². The predicted molar refractivity (Wildman–Crippen MR) is 108 cm³/mol. The first-order valence-corrected chi connectivity index (χ1v) is 9.76. The molecule has 5 heteroatoms. The van der Waals surface area contributed by atoms with E-state index in [2.05, 4.69) is 39.0 Å². The molecule has 1 aromatic carbocycles. The van der Waals surface area contributed by atoms with Crippen molar-refractivity contribution >= 4 is 11.6 Å². The molecule has 0 heterocycles. The van der Waals surface area contributed by atoms with Crippen molar-refractivity contribution < 1.29 is 0 Å². The predicted octanol–water partition coefficient (Wildman–Crippen LogP) is 5.21. The molecule has 2 N–H and O–H groups in total. The summed E-state index contributed by atoms with van der Waals surface area (Å²) in [5.74, 6) is -0.0284. The van der Waals surface area contributed by atoms with Gasteiger partial charge in [0.1, 0.15) is 0 Å². The van der Waals surface area contributed by atoms with Crippen LogP contribution >= 0.6 is 11.6 Å². The van der Waals surface area contributed by atoms with Crippen molar-refractivity contribution in [3.8, 4) is 18.2 Å². The van der Waals surface area contributed by atoms with Crippen molar-refractivity contribution in [2.24, 2.45) is 28.4 Å². The first-order valence-electron chi connectivity index (χ1n) is 9.38. The topological polar surface area (TPSA) is 97.4 Å². The molecular formula is C23H23ClN4. The number of nitrogens with zero attached hydrogens (tertiary/aromatic N) is 3. The van der Waals surface area contributed by atoms with Gasteiger partial charge in [0, 0.05) is 10.9 Å². The lowest BCUT2D eigenvalue weighted by Crippen LogP contribution is -2.43. The number of fused-ring (bicyclic) bond motifs is 1. The van der Waals surface area contributed by atoms with E-state index in [4.69, 9.17) is 17.3 Å². The largest absolute Gasteiger partial charge is 0.399 e. The Balaban J connectivity index is 2.27. The van der Waals surface area contributed by atoms with E-state index < -0.39 is 5.41 Å². The zero-order chi connectivity index (χ0) is 20.7. The molecule has 142 valence electrons. The second-order valence-corrected chi connectivity index (χ2v) is 9.18. The quantitative estimate of drug-likeness (QED) is 0.665. The molecule has 4 nitrogen and oxygen atoms in total. The Hall–Kier alpha value is -2.74. The second kappa shape index (κ2) is 7.01. The summed E-state index contributed by atoms with van der Waals surface area (Å²) in [5, 5.41) is 30.4. The summed E-state index contributed by atoms with van der Waals surface area (Å²) < 4.78 is 0. The highest BCUT2D eigenvalue weighted by Crippen LogP contribution is 2.57. The van der Waals surface area contributed by atoms with Gasteiger partial charge in [-0.1, -0.05) is 50.6 Å². The normalized spacial score (nSPS) is 26.3. The molecule has 0 aliphatic heterocycles. The van der Waals surface area contributed by atoms with Gasteiger partial charge in [-0.25, -0.2) is 0 Å². The van der Waals surface area contributed by atoms with Crippen LogP contribution in [0.3, 0.4) is 0 Å². The summed E-state index contributed by atoms with van der Waals surface area (Å²) in [6.45, 7) is 6.61. The van der Waals surface area contributed by atoms with E-state index >= 15 is 0 Å². The minimum atomic E-state index is -1.57. The monoisotopic (exact) mass is 390 g/mol. The van der Waals surface area contributed by atoms with Crippen LogP contribution < -0.4 is 5.73 Å². The number of nitriles is 3. The summed E-state index contributed by atoms with van der Waals surface area (Å²) in [6.07, 6.45) is 3.62. The van der Waals surface area contributed by atoms with Crippen molar-refractivity contribution in [1.82, 2.24) is 0 Å². The average Bonchev–Trinajstić information content (AvgIpc) is 2.67. The Morgan fingerprint density at radius 3 is 2.21 bits per heavy atom. The number of nitrogens with two attached hydrogens (primary N) is 1.